The topological polar surface area (TPSA) is 85.3 Å². The Morgan fingerprint density at radius 1 is 1.60 bits per heavy atom. The third-order valence-electron chi connectivity index (χ3n) is 1.72. The molecule has 80 valence electrons. The second-order valence-electron chi connectivity index (χ2n) is 3.04. The Morgan fingerprint density at radius 2 is 2.33 bits per heavy atom. The van der Waals surface area contributed by atoms with Crippen molar-refractivity contribution in [3.05, 3.63) is 29.7 Å². The SMILES string of the molecule is CC(=O)CC(=Cc1ccco1)C(=O)NN. The molecule has 0 fully saturated rings. The lowest BCUT2D eigenvalue weighted by Crippen LogP contribution is -2.31. The van der Waals surface area contributed by atoms with Crippen molar-refractivity contribution >= 4 is 17.8 Å². The van der Waals surface area contributed by atoms with Crippen LogP contribution in [0.25, 0.3) is 6.08 Å². The zero-order valence-corrected chi connectivity index (χ0v) is 8.32. The van der Waals surface area contributed by atoms with Crippen molar-refractivity contribution in [1.82, 2.24) is 5.43 Å². The Labute approximate surface area is 86.9 Å². The van der Waals surface area contributed by atoms with Gasteiger partial charge in [0, 0.05) is 12.0 Å². The third kappa shape index (κ3) is 3.40. The van der Waals surface area contributed by atoms with Crippen LogP contribution in [0.5, 0.6) is 0 Å². The molecular weight excluding hydrogens is 196 g/mol. The molecule has 0 atom stereocenters. The van der Waals surface area contributed by atoms with Crippen molar-refractivity contribution in [1.29, 1.82) is 0 Å². The van der Waals surface area contributed by atoms with Gasteiger partial charge in [-0.2, -0.15) is 0 Å². The van der Waals surface area contributed by atoms with Gasteiger partial charge in [-0.05, 0) is 25.1 Å². The van der Waals surface area contributed by atoms with Crippen LogP contribution in [0, 0.1) is 0 Å². The normalized spacial score (nSPS) is 11.2. The molecule has 3 N–H and O–H groups in total. The zero-order valence-electron chi connectivity index (χ0n) is 8.32. The lowest BCUT2D eigenvalue weighted by Gasteiger charge is -2.02. The maximum Gasteiger partial charge on any atom is 0.261 e. The van der Waals surface area contributed by atoms with Crippen LogP contribution in [0.2, 0.25) is 0 Å². The molecule has 0 spiro atoms. The highest BCUT2D eigenvalue weighted by Gasteiger charge is 2.10. The summed E-state index contributed by atoms with van der Waals surface area (Å²) >= 11 is 0. The lowest BCUT2D eigenvalue weighted by molar-refractivity contribution is -0.120. The number of nitrogens with one attached hydrogen (secondary N) is 1. The van der Waals surface area contributed by atoms with Crippen LogP contribution in [0.15, 0.2) is 28.4 Å². The van der Waals surface area contributed by atoms with Crippen LogP contribution in [0.1, 0.15) is 19.1 Å². The van der Waals surface area contributed by atoms with Crippen molar-refractivity contribution in [3.8, 4) is 0 Å². The molecule has 0 radical (unpaired) electrons. The van der Waals surface area contributed by atoms with Gasteiger partial charge in [0.25, 0.3) is 5.91 Å². The van der Waals surface area contributed by atoms with Crippen molar-refractivity contribution < 1.29 is 14.0 Å². The Kier molecular flexibility index (Phi) is 3.82. The molecule has 0 aliphatic rings. The second-order valence-corrected chi connectivity index (χ2v) is 3.04. The molecule has 1 aromatic rings. The average molecular weight is 208 g/mol. The van der Waals surface area contributed by atoms with Gasteiger partial charge < -0.3 is 4.42 Å². The van der Waals surface area contributed by atoms with Gasteiger partial charge in [0.2, 0.25) is 0 Å². The van der Waals surface area contributed by atoms with Gasteiger partial charge in [-0.25, -0.2) is 5.84 Å². The number of hydrogen-bond acceptors (Lipinski definition) is 4. The number of hydrazine groups is 1. The molecule has 1 heterocycles. The minimum atomic E-state index is -0.485. The monoisotopic (exact) mass is 208 g/mol. The van der Waals surface area contributed by atoms with Crippen molar-refractivity contribution in [3.63, 3.8) is 0 Å². The summed E-state index contributed by atoms with van der Waals surface area (Å²) < 4.78 is 5.03. The summed E-state index contributed by atoms with van der Waals surface area (Å²) in [5.74, 6) is 4.91. The molecule has 0 unspecified atom stereocenters. The highest BCUT2D eigenvalue weighted by molar-refractivity contribution is 6.01. The van der Waals surface area contributed by atoms with E-state index in [2.05, 4.69) is 0 Å². The number of nitrogens with two attached hydrogens (primary N) is 1. The van der Waals surface area contributed by atoms with E-state index in [0.717, 1.165) is 0 Å². The minimum Gasteiger partial charge on any atom is -0.465 e. The number of carbonyl (C=O) groups excluding carboxylic acids is 2. The molecule has 5 nitrogen and oxygen atoms in total. The lowest BCUT2D eigenvalue weighted by atomic mass is 10.1. The fourth-order valence-corrected chi connectivity index (χ4v) is 1.10. The van der Waals surface area contributed by atoms with E-state index in [1.165, 1.54) is 19.3 Å². The van der Waals surface area contributed by atoms with E-state index >= 15 is 0 Å². The van der Waals surface area contributed by atoms with Gasteiger partial charge in [-0.15, -0.1) is 0 Å². The Morgan fingerprint density at radius 3 is 2.80 bits per heavy atom. The summed E-state index contributed by atoms with van der Waals surface area (Å²) in [6.45, 7) is 1.40. The maximum absolute atomic E-state index is 11.3. The summed E-state index contributed by atoms with van der Waals surface area (Å²) in [4.78, 5) is 22.2. The van der Waals surface area contributed by atoms with Gasteiger partial charge in [0.1, 0.15) is 11.5 Å². The molecule has 0 saturated heterocycles. The summed E-state index contributed by atoms with van der Waals surface area (Å²) in [5.41, 5.74) is 2.26. The number of carbonyl (C=O) groups is 2. The first-order chi connectivity index (χ1) is 7.13. The van der Waals surface area contributed by atoms with Crippen molar-refractivity contribution in [2.45, 2.75) is 13.3 Å². The van der Waals surface area contributed by atoms with Gasteiger partial charge in [0.15, 0.2) is 0 Å². The summed E-state index contributed by atoms with van der Waals surface area (Å²) in [6.07, 6.45) is 3.00. The molecule has 0 saturated carbocycles. The molecule has 1 aromatic heterocycles. The predicted molar refractivity (Wildman–Crippen MR) is 54.3 cm³/mol. The zero-order chi connectivity index (χ0) is 11.3. The number of ketones is 1. The van der Waals surface area contributed by atoms with Crippen LogP contribution in [-0.2, 0) is 9.59 Å². The van der Waals surface area contributed by atoms with E-state index in [4.69, 9.17) is 10.3 Å². The molecule has 0 bridgehead atoms. The highest BCUT2D eigenvalue weighted by atomic mass is 16.3. The van der Waals surface area contributed by atoms with Crippen LogP contribution in [-0.4, -0.2) is 11.7 Å². The number of amides is 1. The molecule has 0 aliphatic carbocycles. The van der Waals surface area contributed by atoms with E-state index in [1.807, 2.05) is 5.43 Å². The molecule has 15 heavy (non-hydrogen) atoms. The Hall–Kier alpha value is -1.88. The maximum atomic E-state index is 11.3. The van der Waals surface area contributed by atoms with Crippen LogP contribution >= 0.6 is 0 Å². The Balaban J connectivity index is 2.90. The number of furan rings is 1. The Bertz CT molecular complexity index is 379. The first-order valence-electron chi connectivity index (χ1n) is 4.38. The molecule has 0 aromatic carbocycles. The summed E-state index contributed by atoms with van der Waals surface area (Å²) in [7, 11) is 0. The molecule has 1 amide bonds. The highest BCUT2D eigenvalue weighted by Crippen LogP contribution is 2.10. The molecule has 0 aliphatic heterocycles. The number of hydrogen-bond donors (Lipinski definition) is 2. The van der Waals surface area contributed by atoms with Crippen molar-refractivity contribution in [2.24, 2.45) is 5.84 Å². The third-order valence-corrected chi connectivity index (χ3v) is 1.72. The quantitative estimate of drug-likeness (QED) is 0.329. The molecule has 5 heteroatoms. The van der Waals surface area contributed by atoms with E-state index in [0.29, 0.717) is 5.76 Å². The summed E-state index contributed by atoms with van der Waals surface area (Å²) in [6, 6.07) is 3.38. The number of rotatable bonds is 4. The van der Waals surface area contributed by atoms with E-state index in [1.54, 1.807) is 12.1 Å². The first-order valence-corrected chi connectivity index (χ1v) is 4.38. The molecular formula is C10H12N2O3. The van der Waals surface area contributed by atoms with E-state index < -0.39 is 5.91 Å². The van der Waals surface area contributed by atoms with Crippen molar-refractivity contribution in [2.75, 3.05) is 0 Å². The van der Waals surface area contributed by atoms with Gasteiger partial charge in [-0.3, -0.25) is 15.0 Å². The largest absolute Gasteiger partial charge is 0.465 e. The first kappa shape index (κ1) is 11.2. The standard InChI is InChI=1S/C10H12N2O3/c1-7(13)5-8(10(14)12-11)6-9-3-2-4-15-9/h2-4,6H,5,11H2,1H3,(H,12,14). The smallest absolute Gasteiger partial charge is 0.261 e. The average Bonchev–Trinajstić information content (AvgIpc) is 2.67. The predicted octanol–water partition coefficient (Wildman–Crippen LogP) is 0.632. The molecule has 1 rings (SSSR count). The van der Waals surface area contributed by atoms with Gasteiger partial charge in [0.05, 0.1) is 6.26 Å². The van der Waals surface area contributed by atoms with Crippen LogP contribution in [0.3, 0.4) is 0 Å². The minimum absolute atomic E-state index is 0.0315. The fourth-order valence-electron chi connectivity index (χ4n) is 1.10. The van der Waals surface area contributed by atoms with Gasteiger partial charge in [-0.1, -0.05) is 0 Å². The van der Waals surface area contributed by atoms with E-state index in [9.17, 15) is 9.59 Å². The summed E-state index contributed by atoms with van der Waals surface area (Å²) in [5, 5.41) is 0. The number of Topliss-reactive ketones (excluding diaryl/α,β-unsaturated/α-hetero) is 1. The van der Waals surface area contributed by atoms with Crippen LogP contribution < -0.4 is 11.3 Å². The second kappa shape index (κ2) is 5.11. The van der Waals surface area contributed by atoms with Crippen LogP contribution in [0.4, 0.5) is 0 Å². The fraction of sp³-hybridized carbons (Fsp3) is 0.200. The van der Waals surface area contributed by atoms with E-state index in [-0.39, 0.29) is 17.8 Å². The van der Waals surface area contributed by atoms with Gasteiger partial charge >= 0.3 is 0 Å².